The molecule has 0 aliphatic heterocycles. The Hall–Kier alpha value is -3.14. The Morgan fingerprint density at radius 1 is 1.31 bits per heavy atom. The number of Topliss-reactive ketones (excluding diaryl/α,β-unsaturated/α-hetero) is 1. The summed E-state index contributed by atoms with van der Waals surface area (Å²) in [6.07, 6.45) is 0. The Bertz CT molecular complexity index is 992. The highest BCUT2D eigenvalue weighted by Crippen LogP contribution is 2.23. The van der Waals surface area contributed by atoms with Gasteiger partial charge in [-0.1, -0.05) is 30.0 Å². The molecule has 0 atom stereocenters. The summed E-state index contributed by atoms with van der Waals surface area (Å²) in [5, 5.41) is 22.5. The van der Waals surface area contributed by atoms with Crippen molar-refractivity contribution in [3.63, 3.8) is 0 Å². The predicted octanol–water partition coefficient (Wildman–Crippen LogP) is 2.99. The van der Waals surface area contributed by atoms with Gasteiger partial charge in [0.2, 0.25) is 5.16 Å². The lowest BCUT2D eigenvalue weighted by molar-refractivity contribution is -0.385. The number of rotatable bonds is 6. The summed E-state index contributed by atoms with van der Waals surface area (Å²) in [6, 6.07) is 10.1. The number of aryl methyl sites for hydroxylation is 1. The van der Waals surface area contributed by atoms with Gasteiger partial charge in [-0.2, -0.15) is 4.68 Å². The first-order valence-corrected chi connectivity index (χ1v) is 8.39. The number of hydrogen-bond donors (Lipinski definition) is 0. The molecule has 0 saturated carbocycles. The van der Waals surface area contributed by atoms with Gasteiger partial charge in [0, 0.05) is 17.2 Å². The largest absolute Gasteiger partial charge is 0.293 e. The van der Waals surface area contributed by atoms with Gasteiger partial charge < -0.3 is 0 Å². The maximum atomic E-state index is 13.4. The molecule has 0 radical (unpaired) electrons. The molecule has 0 amide bonds. The lowest BCUT2D eigenvalue weighted by Crippen LogP contribution is -2.06. The zero-order valence-corrected chi connectivity index (χ0v) is 14.3. The second-order valence-corrected chi connectivity index (χ2v) is 6.27. The molecule has 0 aliphatic carbocycles. The molecule has 26 heavy (non-hydrogen) atoms. The number of halogens is 1. The molecule has 2 aromatic carbocycles. The fourth-order valence-corrected chi connectivity index (χ4v) is 3.02. The van der Waals surface area contributed by atoms with Crippen LogP contribution in [0.5, 0.6) is 0 Å². The van der Waals surface area contributed by atoms with Crippen LogP contribution in [0.2, 0.25) is 0 Å². The van der Waals surface area contributed by atoms with Crippen molar-refractivity contribution in [3.8, 4) is 5.69 Å². The molecule has 10 heteroatoms. The van der Waals surface area contributed by atoms with Crippen molar-refractivity contribution >= 4 is 23.2 Å². The van der Waals surface area contributed by atoms with Gasteiger partial charge in [0.05, 0.1) is 16.4 Å². The van der Waals surface area contributed by atoms with Gasteiger partial charge in [-0.3, -0.25) is 14.9 Å². The van der Waals surface area contributed by atoms with E-state index in [1.807, 2.05) is 0 Å². The van der Waals surface area contributed by atoms with E-state index < -0.39 is 10.7 Å². The molecule has 0 spiro atoms. The highest BCUT2D eigenvalue weighted by molar-refractivity contribution is 7.99. The van der Waals surface area contributed by atoms with E-state index >= 15 is 0 Å². The molecule has 132 valence electrons. The number of carbonyl (C=O) groups excluding carboxylic acids is 1. The molecule has 8 nitrogen and oxygen atoms in total. The number of nitro benzene ring substituents is 1. The standard InChI is InChI=1S/C16H12FN5O3S/c1-10-5-6-11(7-14(10)22(24)25)15(23)9-26-16-18-19-20-21(16)13-4-2-3-12(17)8-13/h2-8H,9H2,1H3. The average molecular weight is 373 g/mol. The monoisotopic (exact) mass is 373 g/mol. The average Bonchev–Trinajstić information content (AvgIpc) is 3.08. The fraction of sp³-hybridized carbons (Fsp3) is 0.125. The smallest absolute Gasteiger partial charge is 0.273 e. The van der Waals surface area contributed by atoms with Crippen LogP contribution >= 0.6 is 11.8 Å². The molecule has 0 N–H and O–H groups in total. The van der Waals surface area contributed by atoms with Crippen molar-refractivity contribution < 1.29 is 14.1 Å². The van der Waals surface area contributed by atoms with Crippen molar-refractivity contribution in [2.24, 2.45) is 0 Å². The number of hydrogen-bond acceptors (Lipinski definition) is 7. The summed E-state index contributed by atoms with van der Waals surface area (Å²) in [5.41, 5.74) is 1.04. The second-order valence-electron chi connectivity index (χ2n) is 5.32. The van der Waals surface area contributed by atoms with E-state index in [2.05, 4.69) is 15.5 Å². The van der Waals surface area contributed by atoms with Crippen molar-refractivity contribution in [3.05, 3.63) is 69.5 Å². The predicted molar refractivity (Wildman–Crippen MR) is 92.0 cm³/mol. The Morgan fingerprint density at radius 3 is 2.85 bits per heavy atom. The van der Waals surface area contributed by atoms with Gasteiger partial charge in [0.15, 0.2) is 5.78 Å². The van der Waals surface area contributed by atoms with Crippen LogP contribution in [0.15, 0.2) is 47.6 Å². The first-order valence-electron chi connectivity index (χ1n) is 7.41. The third-order valence-electron chi connectivity index (χ3n) is 3.55. The third-order valence-corrected chi connectivity index (χ3v) is 4.47. The maximum absolute atomic E-state index is 13.4. The SMILES string of the molecule is Cc1ccc(C(=O)CSc2nnnn2-c2cccc(F)c2)cc1[N+](=O)[O-]. The van der Waals surface area contributed by atoms with Crippen molar-refractivity contribution in [1.29, 1.82) is 0 Å². The molecule has 0 bridgehead atoms. The molecule has 1 aromatic heterocycles. The van der Waals surface area contributed by atoms with E-state index in [0.717, 1.165) is 11.8 Å². The van der Waals surface area contributed by atoms with Crippen molar-refractivity contribution in [2.75, 3.05) is 5.75 Å². The molecule has 1 heterocycles. The summed E-state index contributed by atoms with van der Waals surface area (Å²) < 4.78 is 14.7. The molecule has 0 aliphatic rings. The first kappa shape index (κ1) is 17.7. The van der Waals surface area contributed by atoms with E-state index in [0.29, 0.717) is 16.4 Å². The van der Waals surface area contributed by atoms with Crippen molar-refractivity contribution in [1.82, 2.24) is 20.2 Å². The van der Waals surface area contributed by atoms with E-state index in [1.165, 1.54) is 35.0 Å². The Morgan fingerprint density at radius 2 is 2.12 bits per heavy atom. The highest BCUT2D eigenvalue weighted by atomic mass is 32.2. The van der Waals surface area contributed by atoms with Gasteiger partial charge in [0.1, 0.15) is 5.82 Å². The maximum Gasteiger partial charge on any atom is 0.273 e. The minimum atomic E-state index is -0.524. The van der Waals surface area contributed by atoms with Gasteiger partial charge in [0.25, 0.3) is 5.69 Å². The minimum Gasteiger partial charge on any atom is -0.293 e. The molecule has 3 rings (SSSR count). The van der Waals surface area contributed by atoms with E-state index in [9.17, 15) is 19.3 Å². The zero-order chi connectivity index (χ0) is 18.7. The summed E-state index contributed by atoms with van der Waals surface area (Å²) in [4.78, 5) is 22.8. The van der Waals surface area contributed by atoms with Crippen LogP contribution in [0.25, 0.3) is 5.69 Å². The van der Waals surface area contributed by atoms with Crippen molar-refractivity contribution in [2.45, 2.75) is 12.1 Å². The Kier molecular flexibility index (Phi) is 5.03. The molecular weight excluding hydrogens is 361 g/mol. The van der Waals surface area contributed by atoms with Gasteiger partial charge in [-0.15, -0.1) is 5.10 Å². The van der Waals surface area contributed by atoms with Crippen LogP contribution in [-0.4, -0.2) is 36.7 Å². The Balaban J connectivity index is 1.76. The number of nitro groups is 1. The summed E-state index contributed by atoms with van der Waals surface area (Å²) in [6.45, 7) is 1.61. The molecule has 3 aromatic rings. The molecular formula is C16H12FN5O3S. The van der Waals surface area contributed by atoms with Gasteiger partial charge in [-0.25, -0.2) is 4.39 Å². The van der Waals surface area contributed by atoms with Crippen LogP contribution in [0, 0.1) is 22.9 Å². The normalized spacial score (nSPS) is 10.7. The Labute approximate surface area is 151 Å². The second kappa shape index (κ2) is 7.40. The third kappa shape index (κ3) is 3.75. The molecule has 0 saturated heterocycles. The number of nitrogens with zero attached hydrogens (tertiary/aromatic N) is 5. The van der Waals surface area contributed by atoms with E-state index in [4.69, 9.17) is 0 Å². The van der Waals surface area contributed by atoms with Crippen LogP contribution in [0.3, 0.4) is 0 Å². The van der Waals surface area contributed by atoms with E-state index in [-0.39, 0.29) is 22.8 Å². The number of aromatic nitrogens is 4. The zero-order valence-electron chi connectivity index (χ0n) is 13.5. The number of carbonyl (C=O) groups is 1. The van der Waals surface area contributed by atoms with Crippen LogP contribution in [0.4, 0.5) is 10.1 Å². The number of tetrazole rings is 1. The van der Waals surface area contributed by atoms with Crippen LogP contribution in [0.1, 0.15) is 15.9 Å². The quantitative estimate of drug-likeness (QED) is 0.283. The number of thioether (sulfide) groups is 1. The topological polar surface area (TPSA) is 104 Å². The summed E-state index contributed by atoms with van der Waals surface area (Å²) in [7, 11) is 0. The van der Waals surface area contributed by atoms with Gasteiger partial charge >= 0.3 is 0 Å². The molecule has 0 unspecified atom stereocenters. The number of ketones is 1. The van der Waals surface area contributed by atoms with E-state index in [1.54, 1.807) is 19.1 Å². The fourth-order valence-electron chi connectivity index (χ4n) is 2.23. The summed E-state index contributed by atoms with van der Waals surface area (Å²) in [5.74, 6) is -0.750. The van der Waals surface area contributed by atoms with Crippen LogP contribution in [-0.2, 0) is 0 Å². The number of benzene rings is 2. The van der Waals surface area contributed by atoms with Crippen LogP contribution < -0.4 is 0 Å². The lowest BCUT2D eigenvalue weighted by atomic mass is 10.1. The molecule has 0 fully saturated rings. The highest BCUT2D eigenvalue weighted by Gasteiger charge is 2.17. The first-order chi connectivity index (χ1) is 12.5. The summed E-state index contributed by atoms with van der Waals surface area (Å²) >= 11 is 1.06. The minimum absolute atomic E-state index is 0.0180. The van der Waals surface area contributed by atoms with Gasteiger partial charge in [-0.05, 0) is 35.5 Å². The lowest BCUT2D eigenvalue weighted by Gasteiger charge is -2.05.